The van der Waals surface area contributed by atoms with Crippen LogP contribution in [0.25, 0.3) is 0 Å². The number of hydrogen-bond acceptors (Lipinski definition) is 4. The molecule has 0 bridgehead atoms. The highest BCUT2D eigenvalue weighted by Gasteiger charge is 2.20. The molecule has 0 radical (unpaired) electrons. The Balaban J connectivity index is 1.93. The molecule has 6 heteroatoms. The first-order valence-corrected chi connectivity index (χ1v) is 5.67. The van der Waals surface area contributed by atoms with Gasteiger partial charge in [-0.25, -0.2) is 0 Å². The highest BCUT2D eigenvalue weighted by Crippen LogP contribution is 2.10. The summed E-state index contributed by atoms with van der Waals surface area (Å²) < 4.78 is 0. The van der Waals surface area contributed by atoms with Crippen LogP contribution in [-0.4, -0.2) is 28.7 Å². The van der Waals surface area contributed by atoms with E-state index in [1.807, 2.05) is 0 Å². The summed E-state index contributed by atoms with van der Waals surface area (Å²) >= 11 is 5.60. The Morgan fingerprint density at radius 2 is 2.31 bits per heavy atom. The first-order chi connectivity index (χ1) is 7.75. The standard InChI is InChI=1S/C10H13ClN4O/c11-8-4-5-9(15-14-8)13-10(16)7-3-1-2-6-12-7/h4-5,7,12H,1-3,6H2,(H,13,15,16)/t7-/m1/s1. The SMILES string of the molecule is O=C(Nc1ccc(Cl)nn1)[C@H]1CCCCN1. The molecule has 5 nitrogen and oxygen atoms in total. The minimum Gasteiger partial charge on any atom is -0.308 e. The minimum atomic E-state index is -0.119. The molecular formula is C10H13ClN4O. The maximum Gasteiger partial charge on any atom is 0.242 e. The number of aromatic nitrogens is 2. The molecule has 16 heavy (non-hydrogen) atoms. The lowest BCUT2D eigenvalue weighted by Crippen LogP contribution is -2.43. The van der Waals surface area contributed by atoms with Crippen LogP contribution in [0.5, 0.6) is 0 Å². The lowest BCUT2D eigenvalue weighted by molar-refractivity contribution is -0.118. The van der Waals surface area contributed by atoms with Crippen molar-refractivity contribution in [1.82, 2.24) is 15.5 Å². The Labute approximate surface area is 98.6 Å². The summed E-state index contributed by atoms with van der Waals surface area (Å²) in [7, 11) is 0. The molecule has 0 aliphatic carbocycles. The molecule has 1 atom stereocenters. The minimum absolute atomic E-state index is 0.0590. The van der Waals surface area contributed by atoms with Crippen LogP contribution in [0, 0.1) is 0 Å². The zero-order chi connectivity index (χ0) is 11.4. The van der Waals surface area contributed by atoms with Crippen molar-refractivity contribution >= 4 is 23.3 Å². The van der Waals surface area contributed by atoms with Crippen molar-refractivity contribution in [1.29, 1.82) is 0 Å². The summed E-state index contributed by atoms with van der Waals surface area (Å²) in [6.45, 7) is 0.893. The maximum atomic E-state index is 11.8. The zero-order valence-corrected chi connectivity index (χ0v) is 9.50. The molecule has 2 rings (SSSR count). The number of carbonyl (C=O) groups excluding carboxylic acids is 1. The first-order valence-electron chi connectivity index (χ1n) is 5.29. The van der Waals surface area contributed by atoms with Crippen LogP contribution in [0.4, 0.5) is 5.82 Å². The molecule has 0 spiro atoms. The molecule has 1 amide bonds. The molecule has 1 aromatic heterocycles. The second-order valence-electron chi connectivity index (χ2n) is 3.73. The quantitative estimate of drug-likeness (QED) is 0.816. The second-order valence-corrected chi connectivity index (χ2v) is 4.12. The molecule has 0 saturated carbocycles. The van der Waals surface area contributed by atoms with E-state index in [1.54, 1.807) is 12.1 Å². The van der Waals surface area contributed by atoms with Crippen molar-refractivity contribution in [2.45, 2.75) is 25.3 Å². The van der Waals surface area contributed by atoms with Gasteiger partial charge in [-0.2, -0.15) is 0 Å². The van der Waals surface area contributed by atoms with Gasteiger partial charge in [0.2, 0.25) is 5.91 Å². The highest BCUT2D eigenvalue weighted by molar-refractivity contribution is 6.29. The average Bonchev–Trinajstić information content (AvgIpc) is 2.33. The summed E-state index contributed by atoms with van der Waals surface area (Å²) in [5, 5.41) is 13.6. The molecule has 1 aromatic rings. The van der Waals surface area contributed by atoms with E-state index in [2.05, 4.69) is 20.8 Å². The van der Waals surface area contributed by atoms with Gasteiger partial charge in [0.05, 0.1) is 6.04 Å². The Kier molecular flexibility index (Phi) is 3.69. The van der Waals surface area contributed by atoms with E-state index in [9.17, 15) is 4.79 Å². The Morgan fingerprint density at radius 1 is 1.44 bits per heavy atom. The smallest absolute Gasteiger partial charge is 0.242 e. The third-order valence-corrected chi connectivity index (χ3v) is 2.71. The fraction of sp³-hybridized carbons (Fsp3) is 0.500. The van der Waals surface area contributed by atoms with E-state index in [-0.39, 0.29) is 11.9 Å². The van der Waals surface area contributed by atoms with E-state index < -0.39 is 0 Å². The number of hydrogen-bond donors (Lipinski definition) is 2. The number of nitrogens with zero attached hydrogens (tertiary/aromatic N) is 2. The van der Waals surface area contributed by atoms with Crippen molar-refractivity contribution in [3.63, 3.8) is 0 Å². The maximum absolute atomic E-state index is 11.8. The van der Waals surface area contributed by atoms with Crippen molar-refractivity contribution in [3.05, 3.63) is 17.3 Å². The fourth-order valence-corrected chi connectivity index (χ4v) is 1.77. The van der Waals surface area contributed by atoms with E-state index in [4.69, 9.17) is 11.6 Å². The predicted molar refractivity (Wildman–Crippen MR) is 61.3 cm³/mol. The summed E-state index contributed by atoms with van der Waals surface area (Å²) in [4.78, 5) is 11.8. The topological polar surface area (TPSA) is 66.9 Å². The van der Waals surface area contributed by atoms with Gasteiger partial charge in [-0.1, -0.05) is 18.0 Å². The van der Waals surface area contributed by atoms with Gasteiger partial charge in [0.25, 0.3) is 0 Å². The largest absolute Gasteiger partial charge is 0.308 e. The molecule has 2 heterocycles. The monoisotopic (exact) mass is 240 g/mol. The number of halogens is 1. The second kappa shape index (κ2) is 5.23. The number of anilines is 1. The fourth-order valence-electron chi connectivity index (χ4n) is 1.67. The van der Waals surface area contributed by atoms with Gasteiger partial charge in [0, 0.05) is 0 Å². The van der Waals surface area contributed by atoms with Gasteiger partial charge >= 0.3 is 0 Å². The molecule has 2 N–H and O–H groups in total. The third-order valence-electron chi connectivity index (χ3n) is 2.51. The zero-order valence-electron chi connectivity index (χ0n) is 8.74. The van der Waals surface area contributed by atoms with E-state index in [0.717, 1.165) is 25.8 Å². The molecule has 1 aliphatic heterocycles. The highest BCUT2D eigenvalue weighted by atomic mass is 35.5. The van der Waals surface area contributed by atoms with Gasteiger partial charge in [-0.3, -0.25) is 4.79 Å². The Hall–Kier alpha value is -1.20. The van der Waals surface area contributed by atoms with E-state index in [0.29, 0.717) is 11.0 Å². The first kappa shape index (κ1) is 11.3. The summed E-state index contributed by atoms with van der Waals surface area (Å²) in [6, 6.07) is 3.11. The number of nitrogens with one attached hydrogen (secondary N) is 2. The number of carbonyl (C=O) groups is 1. The normalized spacial score (nSPS) is 20.4. The van der Waals surface area contributed by atoms with Crippen molar-refractivity contribution in [2.24, 2.45) is 0 Å². The molecule has 1 aliphatic rings. The van der Waals surface area contributed by atoms with Crippen LogP contribution in [0.15, 0.2) is 12.1 Å². The summed E-state index contributed by atoms with van der Waals surface area (Å²) in [5.74, 6) is 0.373. The van der Waals surface area contributed by atoms with Gasteiger partial charge in [-0.05, 0) is 31.5 Å². The lowest BCUT2D eigenvalue weighted by atomic mass is 10.0. The molecule has 0 aromatic carbocycles. The average molecular weight is 241 g/mol. The Morgan fingerprint density at radius 3 is 2.94 bits per heavy atom. The summed E-state index contributed by atoms with van der Waals surface area (Å²) in [6.07, 6.45) is 3.08. The van der Waals surface area contributed by atoms with Crippen molar-refractivity contribution < 1.29 is 4.79 Å². The molecule has 86 valence electrons. The third kappa shape index (κ3) is 2.90. The van der Waals surface area contributed by atoms with Crippen LogP contribution in [0.3, 0.4) is 0 Å². The lowest BCUT2D eigenvalue weighted by Gasteiger charge is -2.22. The van der Waals surface area contributed by atoms with Gasteiger partial charge in [-0.15, -0.1) is 10.2 Å². The van der Waals surface area contributed by atoms with Crippen LogP contribution in [-0.2, 0) is 4.79 Å². The predicted octanol–water partition coefficient (Wildman–Crippen LogP) is 1.21. The van der Waals surface area contributed by atoms with Crippen LogP contribution in [0.2, 0.25) is 5.15 Å². The Bertz CT molecular complexity index is 362. The van der Waals surface area contributed by atoms with Gasteiger partial charge in [0.15, 0.2) is 11.0 Å². The van der Waals surface area contributed by atoms with Crippen LogP contribution < -0.4 is 10.6 Å². The van der Waals surface area contributed by atoms with E-state index >= 15 is 0 Å². The number of rotatable bonds is 2. The van der Waals surface area contributed by atoms with Gasteiger partial charge < -0.3 is 10.6 Å². The van der Waals surface area contributed by atoms with Crippen LogP contribution in [0.1, 0.15) is 19.3 Å². The van der Waals surface area contributed by atoms with E-state index in [1.165, 1.54) is 0 Å². The molecule has 1 fully saturated rings. The van der Waals surface area contributed by atoms with Crippen LogP contribution >= 0.6 is 11.6 Å². The molecule has 1 saturated heterocycles. The van der Waals surface area contributed by atoms with Gasteiger partial charge in [0.1, 0.15) is 0 Å². The van der Waals surface area contributed by atoms with Crippen molar-refractivity contribution in [3.8, 4) is 0 Å². The summed E-state index contributed by atoms with van der Waals surface area (Å²) in [5.41, 5.74) is 0. The molecular weight excluding hydrogens is 228 g/mol. The number of amides is 1. The molecule has 0 unspecified atom stereocenters. The number of piperidine rings is 1. The van der Waals surface area contributed by atoms with Crippen molar-refractivity contribution in [2.75, 3.05) is 11.9 Å².